The summed E-state index contributed by atoms with van der Waals surface area (Å²) >= 11 is 0. The average molecular weight is 556 g/mol. The van der Waals surface area contributed by atoms with Gasteiger partial charge in [-0.1, -0.05) is 12.1 Å². The Morgan fingerprint density at radius 3 is 2.26 bits per heavy atom. The fraction of sp³-hybridized carbons (Fsp3) is 0.320. The molecule has 0 bridgehead atoms. The number of aryl methyl sites for hydroxylation is 1. The minimum absolute atomic E-state index is 0.0438. The van der Waals surface area contributed by atoms with E-state index in [4.69, 9.17) is 18.9 Å². The summed E-state index contributed by atoms with van der Waals surface area (Å²) in [5.41, 5.74) is 1.83. The molecule has 13 nitrogen and oxygen atoms in total. The van der Waals surface area contributed by atoms with Crippen LogP contribution in [0.3, 0.4) is 0 Å². The predicted octanol–water partition coefficient (Wildman–Crippen LogP) is 2.84. The molecule has 1 aromatic carbocycles. The largest absolute Gasteiger partial charge is 0.494 e. The molecule has 0 aliphatic carbocycles. The van der Waals surface area contributed by atoms with Gasteiger partial charge in [-0.3, -0.25) is 14.3 Å². The van der Waals surface area contributed by atoms with E-state index in [0.717, 1.165) is 0 Å². The zero-order chi connectivity index (χ0) is 28.2. The van der Waals surface area contributed by atoms with Crippen LogP contribution in [0.5, 0.6) is 23.3 Å². The van der Waals surface area contributed by atoms with E-state index >= 15 is 0 Å². The summed E-state index contributed by atoms with van der Waals surface area (Å²) in [4.78, 5) is 13.0. The van der Waals surface area contributed by atoms with Gasteiger partial charge in [-0.05, 0) is 32.0 Å². The van der Waals surface area contributed by atoms with Crippen LogP contribution < -0.4 is 23.7 Å². The first kappa shape index (κ1) is 27.6. The van der Waals surface area contributed by atoms with Crippen molar-refractivity contribution in [3.8, 4) is 40.5 Å². The molecule has 0 fully saturated rings. The monoisotopic (exact) mass is 555 g/mol. The zero-order valence-corrected chi connectivity index (χ0v) is 23.2. The summed E-state index contributed by atoms with van der Waals surface area (Å²) in [6, 6.07) is 10.3. The van der Waals surface area contributed by atoms with Gasteiger partial charge in [0.1, 0.15) is 28.6 Å². The van der Waals surface area contributed by atoms with Crippen LogP contribution in [0.1, 0.15) is 18.3 Å². The maximum absolute atomic E-state index is 13.5. The van der Waals surface area contributed by atoms with Crippen molar-refractivity contribution < 1.29 is 27.4 Å². The Labute approximate surface area is 226 Å². The molecule has 0 spiro atoms. The number of nitrogens with one attached hydrogen (secondary N) is 1. The van der Waals surface area contributed by atoms with E-state index in [1.165, 1.54) is 33.0 Å². The molecule has 0 unspecified atom stereocenters. The van der Waals surface area contributed by atoms with Crippen LogP contribution in [0.15, 0.2) is 42.6 Å². The van der Waals surface area contributed by atoms with Crippen molar-refractivity contribution in [1.29, 1.82) is 0 Å². The summed E-state index contributed by atoms with van der Waals surface area (Å²) in [5.74, 6) is 1.54. The second kappa shape index (κ2) is 11.5. The van der Waals surface area contributed by atoms with E-state index in [0.29, 0.717) is 40.1 Å². The second-order valence-electron chi connectivity index (χ2n) is 8.39. The maximum Gasteiger partial charge on any atom is 0.243 e. The SMILES string of the molecule is COc1cccc(-c2nnc(NS(=O)(=O)[C@@H](C)Cc3ncc(C)nc3OC)n2-c2c(OC)cccc2OC)n1. The Kier molecular flexibility index (Phi) is 8.14. The molecule has 0 aliphatic rings. The van der Waals surface area contributed by atoms with Gasteiger partial charge in [0, 0.05) is 18.7 Å². The smallest absolute Gasteiger partial charge is 0.243 e. The fourth-order valence-corrected chi connectivity index (χ4v) is 4.79. The van der Waals surface area contributed by atoms with Gasteiger partial charge in [-0.25, -0.2) is 18.4 Å². The van der Waals surface area contributed by atoms with E-state index in [1.807, 2.05) is 0 Å². The van der Waals surface area contributed by atoms with Gasteiger partial charge in [-0.15, -0.1) is 10.2 Å². The lowest BCUT2D eigenvalue weighted by molar-refractivity contribution is 0.387. The standard InChI is InChI=1S/C25H29N7O6S/c1-15-14-26-18(24(27-15)38-6)13-16(2)39(33,34)31-25-30-29-23(17-9-7-12-21(28-17)37-5)32(25)22-19(35-3)10-8-11-20(22)36-4/h7-12,14,16H,13H2,1-6H3,(H,30,31)/t16-/m0/s1. The number of hydrogen-bond donors (Lipinski definition) is 1. The molecule has 14 heteroatoms. The number of nitrogens with zero attached hydrogens (tertiary/aromatic N) is 6. The normalized spacial score (nSPS) is 12.1. The number of hydrogen-bond acceptors (Lipinski definition) is 11. The fourth-order valence-electron chi connectivity index (χ4n) is 3.83. The minimum atomic E-state index is -4.02. The number of anilines is 1. The van der Waals surface area contributed by atoms with Crippen molar-refractivity contribution in [2.75, 3.05) is 33.2 Å². The number of para-hydroxylation sites is 1. The van der Waals surface area contributed by atoms with Crippen molar-refractivity contribution in [2.45, 2.75) is 25.5 Å². The molecule has 0 radical (unpaired) electrons. The Morgan fingerprint density at radius 2 is 1.62 bits per heavy atom. The lowest BCUT2D eigenvalue weighted by Crippen LogP contribution is -2.29. The van der Waals surface area contributed by atoms with Crippen molar-refractivity contribution in [3.63, 3.8) is 0 Å². The highest BCUT2D eigenvalue weighted by molar-refractivity contribution is 7.93. The highest BCUT2D eigenvalue weighted by Gasteiger charge is 2.29. The third-order valence-electron chi connectivity index (χ3n) is 5.82. The highest BCUT2D eigenvalue weighted by atomic mass is 32.2. The first-order chi connectivity index (χ1) is 18.7. The molecule has 39 heavy (non-hydrogen) atoms. The quantitative estimate of drug-likeness (QED) is 0.291. The molecule has 206 valence electrons. The minimum Gasteiger partial charge on any atom is -0.494 e. The van der Waals surface area contributed by atoms with Crippen LogP contribution >= 0.6 is 0 Å². The molecular formula is C25H29N7O6S. The predicted molar refractivity (Wildman–Crippen MR) is 143 cm³/mol. The van der Waals surface area contributed by atoms with Gasteiger partial charge in [0.25, 0.3) is 0 Å². The highest BCUT2D eigenvalue weighted by Crippen LogP contribution is 2.37. The molecule has 4 aromatic rings. The van der Waals surface area contributed by atoms with Gasteiger partial charge in [0.2, 0.25) is 27.7 Å². The lowest BCUT2D eigenvalue weighted by atomic mass is 10.2. The van der Waals surface area contributed by atoms with Crippen molar-refractivity contribution in [1.82, 2.24) is 29.7 Å². The Hall–Kier alpha value is -4.46. The molecule has 0 aliphatic heterocycles. The summed E-state index contributed by atoms with van der Waals surface area (Å²) in [5, 5.41) is 7.50. The van der Waals surface area contributed by atoms with Crippen molar-refractivity contribution >= 4 is 16.0 Å². The third-order valence-corrected chi connectivity index (χ3v) is 7.51. The number of benzene rings is 1. The van der Waals surface area contributed by atoms with Crippen LogP contribution in [0.25, 0.3) is 17.2 Å². The van der Waals surface area contributed by atoms with Crippen LogP contribution in [0.4, 0.5) is 5.95 Å². The Bertz CT molecular complexity index is 1550. The first-order valence-corrected chi connectivity index (χ1v) is 13.3. The van der Waals surface area contributed by atoms with Crippen molar-refractivity contribution in [2.24, 2.45) is 0 Å². The number of aromatic nitrogens is 6. The lowest BCUT2D eigenvalue weighted by Gasteiger charge is -2.19. The van der Waals surface area contributed by atoms with E-state index in [2.05, 4.69) is 29.9 Å². The number of rotatable bonds is 11. The molecule has 1 N–H and O–H groups in total. The van der Waals surface area contributed by atoms with E-state index in [1.54, 1.807) is 56.4 Å². The number of methoxy groups -OCH3 is 4. The molecule has 3 heterocycles. The summed E-state index contributed by atoms with van der Waals surface area (Å²) < 4.78 is 52.9. The molecule has 1 atom stereocenters. The van der Waals surface area contributed by atoms with E-state index < -0.39 is 15.3 Å². The Morgan fingerprint density at radius 1 is 0.923 bits per heavy atom. The number of ether oxygens (including phenoxy) is 4. The summed E-state index contributed by atoms with van der Waals surface area (Å²) in [6.45, 7) is 3.33. The van der Waals surface area contributed by atoms with Gasteiger partial charge in [0.05, 0.1) is 39.4 Å². The van der Waals surface area contributed by atoms with Crippen LogP contribution in [0, 0.1) is 6.92 Å². The van der Waals surface area contributed by atoms with Crippen LogP contribution in [-0.2, 0) is 16.4 Å². The average Bonchev–Trinajstić information content (AvgIpc) is 3.35. The van der Waals surface area contributed by atoms with E-state index in [9.17, 15) is 8.42 Å². The van der Waals surface area contributed by atoms with Gasteiger partial charge in [0.15, 0.2) is 5.82 Å². The molecular weight excluding hydrogens is 526 g/mol. The maximum atomic E-state index is 13.5. The van der Waals surface area contributed by atoms with E-state index in [-0.39, 0.29) is 24.1 Å². The zero-order valence-electron chi connectivity index (χ0n) is 22.4. The van der Waals surface area contributed by atoms with Crippen molar-refractivity contribution in [3.05, 3.63) is 54.0 Å². The first-order valence-electron chi connectivity index (χ1n) is 11.8. The number of sulfonamides is 1. The van der Waals surface area contributed by atoms with Crippen LogP contribution in [0.2, 0.25) is 0 Å². The second-order valence-corrected chi connectivity index (χ2v) is 10.5. The van der Waals surface area contributed by atoms with Gasteiger partial charge >= 0.3 is 0 Å². The summed E-state index contributed by atoms with van der Waals surface area (Å²) in [7, 11) is 1.92. The van der Waals surface area contributed by atoms with Crippen LogP contribution in [-0.4, -0.2) is 71.8 Å². The molecule has 0 amide bonds. The molecule has 0 saturated carbocycles. The topological polar surface area (TPSA) is 152 Å². The Balaban J connectivity index is 1.81. The summed E-state index contributed by atoms with van der Waals surface area (Å²) in [6.07, 6.45) is 1.60. The molecule has 4 rings (SSSR count). The third kappa shape index (κ3) is 5.70. The number of pyridine rings is 1. The molecule has 3 aromatic heterocycles. The molecule has 0 saturated heterocycles. The van der Waals surface area contributed by atoms with Gasteiger partial charge in [-0.2, -0.15) is 0 Å². The van der Waals surface area contributed by atoms with Gasteiger partial charge < -0.3 is 18.9 Å².